The van der Waals surface area contributed by atoms with E-state index < -0.39 is 0 Å². The monoisotopic (exact) mass is 451 g/mol. The number of carbonyl (C=O) groups excluding carboxylic acids is 1. The average molecular weight is 452 g/mol. The quantitative estimate of drug-likeness (QED) is 0.538. The molecule has 0 aliphatic carbocycles. The molecule has 1 aromatic heterocycles. The lowest BCUT2D eigenvalue weighted by molar-refractivity contribution is -0.121. The second kappa shape index (κ2) is 11.2. The number of benzene rings is 2. The molecule has 1 aliphatic heterocycles. The molecule has 1 aliphatic rings. The third-order valence-corrected chi connectivity index (χ3v) is 5.97. The molecule has 8 heteroatoms. The van der Waals surface area contributed by atoms with Crippen LogP contribution in [0.2, 0.25) is 0 Å². The number of hydrogen-bond donors (Lipinski definition) is 1. The van der Waals surface area contributed by atoms with Crippen LogP contribution in [0, 0.1) is 5.82 Å². The number of nitrogens with one attached hydrogen (secondary N) is 1. The van der Waals surface area contributed by atoms with Gasteiger partial charge in [0, 0.05) is 57.7 Å². The molecular formula is C25H30FN5O2. The van der Waals surface area contributed by atoms with Gasteiger partial charge in [0.25, 0.3) is 0 Å². The molecule has 3 aromatic rings. The summed E-state index contributed by atoms with van der Waals surface area (Å²) in [7, 11) is 0. The fourth-order valence-electron chi connectivity index (χ4n) is 3.87. The Morgan fingerprint density at radius 2 is 1.67 bits per heavy atom. The highest BCUT2D eigenvalue weighted by molar-refractivity contribution is 5.76. The predicted octanol–water partition coefficient (Wildman–Crippen LogP) is 3.26. The number of amides is 1. The molecule has 174 valence electrons. The highest BCUT2D eigenvalue weighted by Gasteiger charge is 2.15. The van der Waals surface area contributed by atoms with Crippen LogP contribution >= 0.6 is 0 Å². The molecule has 0 bridgehead atoms. The van der Waals surface area contributed by atoms with E-state index in [0.29, 0.717) is 30.2 Å². The third kappa shape index (κ3) is 6.69. The van der Waals surface area contributed by atoms with Gasteiger partial charge in [-0.1, -0.05) is 36.3 Å². The molecule has 4 rings (SSSR count). The summed E-state index contributed by atoms with van der Waals surface area (Å²) in [6.45, 7) is 9.28. The Morgan fingerprint density at radius 3 is 2.36 bits per heavy atom. The van der Waals surface area contributed by atoms with E-state index in [4.69, 9.17) is 4.52 Å². The van der Waals surface area contributed by atoms with Gasteiger partial charge in [-0.25, -0.2) is 4.39 Å². The van der Waals surface area contributed by atoms with Crippen molar-refractivity contribution in [3.8, 4) is 11.4 Å². The van der Waals surface area contributed by atoms with Gasteiger partial charge in [-0.3, -0.25) is 9.69 Å². The van der Waals surface area contributed by atoms with Crippen molar-refractivity contribution >= 4 is 5.91 Å². The number of likely N-dealkylation sites (N-methyl/N-ethyl adjacent to an activating group) is 1. The maximum atomic E-state index is 13.0. The highest BCUT2D eigenvalue weighted by atomic mass is 19.1. The lowest BCUT2D eigenvalue weighted by Crippen LogP contribution is -2.45. The van der Waals surface area contributed by atoms with Crippen LogP contribution in [-0.4, -0.2) is 58.6 Å². The lowest BCUT2D eigenvalue weighted by atomic mass is 10.1. The molecule has 33 heavy (non-hydrogen) atoms. The van der Waals surface area contributed by atoms with Gasteiger partial charge in [0.05, 0.1) is 0 Å². The summed E-state index contributed by atoms with van der Waals surface area (Å²) in [6.07, 6.45) is 0.608. The first-order chi connectivity index (χ1) is 16.1. The average Bonchev–Trinajstić information content (AvgIpc) is 3.32. The normalized spacial score (nSPS) is 15.0. The van der Waals surface area contributed by atoms with E-state index in [1.54, 1.807) is 12.1 Å². The highest BCUT2D eigenvalue weighted by Crippen LogP contribution is 2.16. The first-order valence-electron chi connectivity index (χ1n) is 11.5. The Morgan fingerprint density at radius 1 is 1.00 bits per heavy atom. The summed E-state index contributed by atoms with van der Waals surface area (Å²) in [6, 6.07) is 14.3. The van der Waals surface area contributed by atoms with Gasteiger partial charge in [0.15, 0.2) is 0 Å². The Labute approximate surface area is 193 Å². The molecule has 7 nitrogen and oxygen atoms in total. The van der Waals surface area contributed by atoms with Crippen molar-refractivity contribution in [1.82, 2.24) is 25.3 Å². The van der Waals surface area contributed by atoms with E-state index in [2.05, 4.69) is 56.4 Å². The van der Waals surface area contributed by atoms with Crippen LogP contribution in [0.1, 0.15) is 30.4 Å². The summed E-state index contributed by atoms with van der Waals surface area (Å²) >= 11 is 0. The van der Waals surface area contributed by atoms with Gasteiger partial charge >= 0.3 is 0 Å². The second-order valence-corrected chi connectivity index (χ2v) is 8.32. The molecule has 1 amide bonds. The Bertz CT molecular complexity index is 1030. The fraction of sp³-hybridized carbons (Fsp3) is 0.400. The topological polar surface area (TPSA) is 74.5 Å². The zero-order chi connectivity index (χ0) is 23.0. The Hall–Kier alpha value is -3.10. The van der Waals surface area contributed by atoms with E-state index in [1.165, 1.54) is 17.7 Å². The number of hydrogen-bond acceptors (Lipinski definition) is 6. The van der Waals surface area contributed by atoms with E-state index >= 15 is 0 Å². The van der Waals surface area contributed by atoms with Crippen molar-refractivity contribution in [3.05, 3.63) is 71.4 Å². The van der Waals surface area contributed by atoms with Crippen LogP contribution < -0.4 is 5.32 Å². The maximum absolute atomic E-state index is 13.0. The SMILES string of the molecule is CCN1CCN(Cc2ccc(CNC(=O)CCc3nc(-c4ccc(F)cc4)no3)cc2)CC1. The van der Waals surface area contributed by atoms with E-state index in [9.17, 15) is 9.18 Å². The minimum Gasteiger partial charge on any atom is -0.352 e. The minimum absolute atomic E-state index is 0.0746. The molecule has 1 fully saturated rings. The Balaban J connectivity index is 1.18. The predicted molar refractivity (Wildman–Crippen MR) is 124 cm³/mol. The summed E-state index contributed by atoms with van der Waals surface area (Å²) in [5.41, 5.74) is 3.03. The van der Waals surface area contributed by atoms with Crippen molar-refractivity contribution in [2.75, 3.05) is 32.7 Å². The number of aromatic nitrogens is 2. The number of nitrogens with zero attached hydrogens (tertiary/aromatic N) is 4. The van der Waals surface area contributed by atoms with Crippen molar-refractivity contribution in [2.24, 2.45) is 0 Å². The molecule has 0 atom stereocenters. The lowest BCUT2D eigenvalue weighted by Gasteiger charge is -2.34. The zero-order valence-corrected chi connectivity index (χ0v) is 19.0. The van der Waals surface area contributed by atoms with Crippen molar-refractivity contribution in [2.45, 2.75) is 32.9 Å². The van der Waals surface area contributed by atoms with Crippen molar-refractivity contribution in [3.63, 3.8) is 0 Å². The first kappa shape index (κ1) is 23.1. The van der Waals surface area contributed by atoms with Crippen LogP contribution in [0.25, 0.3) is 11.4 Å². The van der Waals surface area contributed by atoms with Gasteiger partial charge < -0.3 is 14.7 Å². The van der Waals surface area contributed by atoms with Gasteiger partial charge in [-0.15, -0.1) is 0 Å². The van der Waals surface area contributed by atoms with Crippen LogP contribution in [0.4, 0.5) is 4.39 Å². The second-order valence-electron chi connectivity index (χ2n) is 8.32. The van der Waals surface area contributed by atoms with Gasteiger partial charge in [-0.05, 0) is 41.9 Å². The van der Waals surface area contributed by atoms with E-state index in [1.807, 2.05) is 0 Å². The minimum atomic E-state index is -0.320. The van der Waals surface area contributed by atoms with Gasteiger partial charge in [0.2, 0.25) is 17.6 Å². The standard InChI is InChI=1S/C25H30FN5O2/c1-2-30-13-15-31(16-14-30)18-20-5-3-19(4-6-20)17-27-23(32)11-12-24-28-25(29-33-24)21-7-9-22(26)10-8-21/h3-10H,2,11-18H2,1H3,(H,27,32). The molecule has 0 radical (unpaired) electrons. The number of halogens is 1. The summed E-state index contributed by atoms with van der Waals surface area (Å²) < 4.78 is 18.2. The Kier molecular flexibility index (Phi) is 7.80. The number of piperazine rings is 1. The zero-order valence-electron chi connectivity index (χ0n) is 19.0. The third-order valence-electron chi connectivity index (χ3n) is 5.97. The smallest absolute Gasteiger partial charge is 0.227 e. The van der Waals surface area contributed by atoms with Crippen LogP contribution in [0.3, 0.4) is 0 Å². The summed E-state index contributed by atoms with van der Waals surface area (Å²) in [5, 5.41) is 6.84. The largest absolute Gasteiger partial charge is 0.352 e. The summed E-state index contributed by atoms with van der Waals surface area (Å²) in [4.78, 5) is 21.5. The van der Waals surface area contributed by atoms with Crippen LogP contribution in [0.15, 0.2) is 53.1 Å². The first-order valence-corrected chi connectivity index (χ1v) is 11.5. The maximum Gasteiger partial charge on any atom is 0.227 e. The summed E-state index contributed by atoms with van der Waals surface area (Å²) in [5.74, 6) is 0.375. The van der Waals surface area contributed by atoms with Crippen LogP contribution in [0.5, 0.6) is 0 Å². The van der Waals surface area contributed by atoms with Gasteiger partial charge in [-0.2, -0.15) is 4.98 Å². The molecule has 0 spiro atoms. The van der Waals surface area contributed by atoms with Crippen molar-refractivity contribution in [1.29, 1.82) is 0 Å². The van der Waals surface area contributed by atoms with E-state index in [-0.39, 0.29) is 18.1 Å². The molecule has 1 saturated heterocycles. The van der Waals surface area contributed by atoms with Gasteiger partial charge in [0.1, 0.15) is 5.82 Å². The molecule has 1 N–H and O–H groups in total. The van der Waals surface area contributed by atoms with E-state index in [0.717, 1.165) is 44.8 Å². The fourth-order valence-corrected chi connectivity index (χ4v) is 3.87. The number of rotatable bonds is 9. The number of aryl methyl sites for hydroxylation is 1. The molecule has 2 aromatic carbocycles. The van der Waals surface area contributed by atoms with Crippen LogP contribution in [-0.2, 0) is 24.3 Å². The molecule has 2 heterocycles. The molecular weight excluding hydrogens is 421 g/mol. The molecule has 0 saturated carbocycles. The number of carbonyl (C=O) groups is 1. The van der Waals surface area contributed by atoms with Crippen molar-refractivity contribution < 1.29 is 13.7 Å². The molecule has 0 unspecified atom stereocenters.